The predicted octanol–water partition coefficient (Wildman–Crippen LogP) is 3.92. The van der Waals surface area contributed by atoms with Crippen molar-refractivity contribution in [2.24, 2.45) is 0 Å². The molecule has 0 atom stereocenters. The summed E-state index contributed by atoms with van der Waals surface area (Å²) in [6.07, 6.45) is 0. The van der Waals surface area contributed by atoms with Crippen LogP contribution in [0, 0.1) is 0 Å². The van der Waals surface area contributed by atoms with Gasteiger partial charge in [0.1, 0.15) is 0 Å². The summed E-state index contributed by atoms with van der Waals surface area (Å²) in [7, 11) is 2.15. The SMILES string of the molecule is CN1CCN(Cc2ccc(NC(=O)c3ccccc3C(=O)c3ccccc3)cc2)CC1. The number of nitrogens with zero attached hydrogens (tertiary/aromatic N) is 2. The van der Waals surface area contributed by atoms with E-state index in [9.17, 15) is 9.59 Å². The molecule has 0 spiro atoms. The van der Waals surface area contributed by atoms with Crippen molar-refractivity contribution in [1.29, 1.82) is 0 Å². The Bertz CT molecular complexity index is 1040. The molecule has 1 aliphatic rings. The quantitative estimate of drug-likeness (QED) is 0.623. The third-order valence-corrected chi connectivity index (χ3v) is 5.67. The average molecular weight is 414 g/mol. The van der Waals surface area contributed by atoms with Crippen LogP contribution in [0.4, 0.5) is 5.69 Å². The molecule has 5 heteroatoms. The molecule has 158 valence electrons. The highest BCUT2D eigenvalue weighted by Crippen LogP contribution is 2.18. The highest BCUT2D eigenvalue weighted by Gasteiger charge is 2.18. The molecule has 0 aliphatic carbocycles. The van der Waals surface area contributed by atoms with Crippen LogP contribution in [0.3, 0.4) is 0 Å². The number of nitrogens with one attached hydrogen (secondary N) is 1. The first-order valence-electron chi connectivity index (χ1n) is 10.6. The second-order valence-corrected chi connectivity index (χ2v) is 7.97. The third kappa shape index (κ3) is 5.26. The topological polar surface area (TPSA) is 52.6 Å². The molecular formula is C26H27N3O2. The zero-order chi connectivity index (χ0) is 21.6. The molecule has 0 radical (unpaired) electrons. The van der Waals surface area contributed by atoms with Crippen molar-refractivity contribution in [2.45, 2.75) is 6.54 Å². The maximum absolute atomic E-state index is 12.9. The van der Waals surface area contributed by atoms with Gasteiger partial charge in [-0.25, -0.2) is 0 Å². The summed E-state index contributed by atoms with van der Waals surface area (Å²) in [6.45, 7) is 5.24. The number of rotatable bonds is 6. The second-order valence-electron chi connectivity index (χ2n) is 7.97. The lowest BCUT2D eigenvalue weighted by Gasteiger charge is -2.32. The number of amides is 1. The van der Waals surface area contributed by atoms with E-state index >= 15 is 0 Å². The van der Waals surface area contributed by atoms with Gasteiger partial charge in [0.25, 0.3) is 5.91 Å². The van der Waals surface area contributed by atoms with Gasteiger partial charge in [-0.15, -0.1) is 0 Å². The minimum atomic E-state index is -0.285. The number of hydrogen-bond acceptors (Lipinski definition) is 4. The van der Waals surface area contributed by atoms with E-state index in [-0.39, 0.29) is 11.7 Å². The molecule has 0 saturated carbocycles. The van der Waals surface area contributed by atoms with Gasteiger partial charge in [0.15, 0.2) is 5.78 Å². The molecule has 1 heterocycles. The van der Waals surface area contributed by atoms with Gasteiger partial charge < -0.3 is 10.2 Å². The summed E-state index contributed by atoms with van der Waals surface area (Å²) in [4.78, 5) is 30.6. The maximum Gasteiger partial charge on any atom is 0.256 e. The minimum absolute atomic E-state index is 0.158. The van der Waals surface area contributed by atoms with E-state index in [0.717, 1.165) is 32.7 Å². The monoisotopic (exact) mass is 413 g/mol. The standard InChI is InChI=1S/C26H27N3O2/c1-28-15-17-29(18-16-28)19-20-11-13-22(14-12-20)27-26(31)24-10-6-5-9-23(24)25(30)21-7-3-2-4-8-21/h2-14H,15-19H2,1H3,(H,27,31). The number of hydrogen-bond donors (Lipinski definition) is 1. The third-order valence-electron chi connectivity index (χ3n) is 5.67. The number of anilines is 1. The summed E-state index contributed by atoms with van der Waals surface area (Å²) in [6, 6.07) is 23.9. The van der Waals surface area contributed by atoms with E-state index in [1.54, 1.807) is 36.4 Å². The van der Waals surface area contributed by atoms with Crippen LogP contribution in [-0.4, -0.2) is 54.7 Å². The largest absolute Gasteiger partial charge is 0.322 e. The molecule has 1 fully saturated rings. The first kappa shape index (κ1) is 21.0. The fourth-order valence-corrected chi connectivity index (χ4v) is 3.78. The second kappa shape index (κ2) is 9.69. The molecule has 3 aromatic carbocycles. The first-order valence-corrected chi connectivity index (χ1v) is 10.6. The highest BCUT2D eigenvalue weighted by atomic mass is 16.2. The summed E-state index contributed by atoms with van der Waals surface area (Å²) < 4.78 is 0. The zero-order valence-corrected chi connectivity index (χ0v) is 17.8. The molecule has 3 aromatic rings. The van der Waals surface area contributed by atoms with Crippen molar-refractivity contribution in [3.63, 3.8) is 0 Å². The molecule has 1 amide bonds. The molecule has 1 N–H and O–H groups in total. The summed E-state index contributed by atoms with van der Waals surface area (Å²) in [5, 5.41) is 2.93. The maximum atomic E-state index is 12.9. The summed E-state index contributed by atoms with van der Waals surface area (Å²) >= 11 is 0. The Labute approximate surface area is 183 Å². The van der Waals surface area contributed by atoms with Gasteiger partial charge in [0.2, 0.25) is 0 Å². The average Bonchev–Trinajstić information content (AvgIpc) is 2.82. The number of ketones is 1. The van der Waals surface area contributed by atoms with Gasteiger partial charge in [0.05, 0.1) is 5.56 Å². The van der Waals surface area contributed by atoms with Crippen molar-refractivity contribution in [3.8, 4) is 0 Å². The Kier molecular flexibility index (Phi) is 6.55. The smallest absolute Gasteiger partial charge is 0.256 e. The molecule has 31 heavy (non-hydrogen) atoms. The Morgan fingerprint density at radius 3 is 2.06 bits per heavy atom. The Morgan fingerprint density at radius 2 is 1.39 bits per heavy atom. The Hall–Kier alpha value is -3.28. The van der Waals surface area contributed by atoms with E-state index in [4.69, 9.17) is 0 Å². The number of benzene rings is 3. The van der Waals surface area contributed by atoms with Crippen LogP contribution in [0.2, 0.25) is 0 Å². The summed E-state index contributed by atoms with van der Waals surface area (Å²) in [5.74, 6) is -0.444. The lowest BCUT2D eigenvalue weighted by Crippen LogP contribution is -2.43. The van der Waals surface area contributed by atoms with Crippen molar-refractivity contribution >= 4 is 17.4 Å². The van der Waals surface area contributed by atoms with Gasteiger partial charge in [-0.2, -0.15) is 0 Å². The molecule has 5 nitrogen and oxygen atoms in total. The zero-order valence-electron chi connectivity index (χ0n) is 17.8. The van der Waals surface area contributed by atoms with Gasteiger partial charge in [-0.1, -0.05) is 60.7 Å². The van der Waals surface area contributed by atoms with Gasteiger partial charge in [0, 0.05) is 49.5 Å². The van der Waals surface area contributed by atoms with Crippen LogP contribution in [0.25, 0.3) is 0 Å². The van der Waals surface area contributed by atoms with Crippen LogP contribution in [0.1, 0.15) is 31.8 Å². The van der Waals surface area contributed by atoms with E-state index in [2.05, 4.69) is 34.3 Å². The van der Waals surface area contributed by atoms with Crippen LogP contribution < -0.4 is 5.32 Å². The van der Waals surface area contributed by atoms with E-state index in [1.165, 1.54) is 5.56 Å². The molecule has 0 bridgehead atoms. The Morgan fingerprint density at radius 1 is 0.774 bits per heavy atom. The molecule has 4 rings (SSSR count). The number of carbonyl (C=O) groups excluding carboxylic acids is 2. The lowest BCUT2D eigenvalue weighted by atomic mass is 9.98. The minimum Gasteiger partial charge on any atom is -0.322 e. The van der Waals surface area contributed by atoms with Gasteiger partial charge in [-0.05, 0) is 30.8 Å². The predicted molar refractivity (Wildman–Crippen MR) is 123 cm³/mol. The fraction of sp³-hybridized carbons (Fsp3) is 0.231. The first-order chi connectivity index (χ1) is 15.1. The molecule has 1 aliphatic heterocycles. The van der Waals surface area contributed by atoms with Gasteiger partial charge >= 0.3 is 0 Å². The van der Waals surface area contributed by atoms with Crippen molar-refractivity contribution in [1.82, 2.24) is 9.80 Å². The van der Waals surface area contributed by atoms with Gasteiger partial charge in [-0.3, -0.25) is 14.5 Å². The van der Waals surface area contributed by atoms with Crippen LogP contribution in [-0.2, 0) is 6.54 Å². The van der Waals surface area contributed by atoms with E-state index < -0.39 is 0 Å². The summed E-state index contributed by atoms with van der Waals surface area (Å²) in [5.41, 5.74) is 3.28. The normalized spacial score (nSPS) is 14.9. The van der Waals surface area contributed by atoms with Crippen LogP contribution in [0.15, 0.2) is 78.9 Å². The number of piperazine rings is 1. The highest BCUT2D eigenvalue weighted by molar-refractivity contribution is 6.17. The lowest BCUT2D eigenvalue weighted by molar-refractivity contribution is 0.0996. The molecule has 0 unspecified atom stereocenters. The van der Waals surface area contributed by atoms with Crippen LogP contribution >= 0.6 is 0 Å². The van der Waals surface area contributed by atoms with Crippen LogP contribution in [0.5, 0.6) is 0 Å². The number of carbonyl (C=O) groups is 2. The van der Waals surface area contributed by atoms with E-state index in [1.807, 2.05) is 30.3 Å². The molecule has 0 aromatic heterocycles. The van der Waals surface area contributed by atoms with Crippen molar-refractivity contribution in [2.75, 3.05) is 38.5 Å². The van der Waals surface area contributed by atoms with Crippen molar-refractivity contribution in [3.05, 3.63) is 101 Å². The molecule has 1 saturated heterocycles. The fourth-order valence-electron chi connectivity index (χ4n) is 3.78. The van der Waals surface area contributed by atoms with E-state index in [0.29, 0.717) is 22.4 Å². The van der Waals surface area contributed by atoms with Crippen molar-refractivity contribution < 1.29 is 9.59 Å². The molecular weight excluding hydrogens is 386 g/mol. The Balaban J connectivity index is 1.43. The number of likely N-dealkylation sites (N-methyl/N-ethyl adjacent to an activating group) is 1.